The number of nitrogens with one attached hydrogen (secondary N) is 1. The maximum Gasteiger partial charge on any atom is 0.254 e. The van der Waals surface area contributed by atoms with E-state index in [9.17, 15) is 9.59 Å². The first-order chi connectivity index (χ1) is 14.3. The van der Waals surface area contributed by atoms with E-state index in [1.807, 2.05) is 98.5 Å². The predicted octanol–water partition coefficient (Wildman–Crippen LogP) is 5.67. The molecule has 0 aliphatic heterocycles. The van der Waals surface area contributed by atoms with Gasteiger partial charge in [0.25, 0.3) is 5.91 Å². The van der Waals surface area contributed by atoms with Crippen molar-refractivity contribution >= 4 is 17.5 Å². The number of anilines is 1. The molecule has 2 amide bonds. The standard InChI is InChI=1S/C26H28N2O2/c1-18-13-14-24(15-19(18)2)26(30)28(17-22-9-6-5-7-10-22)20(3)23-11-8-12-25(16-23)27-21(4)29/h5-16,20H,17H2,1-4H3,(H,27,29). The molecule has 30 heavy (non-hydrogen) atoms. The fraction of sp³-hybridized carbons (Fsp3) is 0.231. The van der Waals surface area contributed by atoms with Crippen molar-refractivity contribution in [1.29, 1.82) is 0 Å². The second kappa shape index (κ2) is 9.40. The van der Waals surface area contributed by atoms with E-state index < -0.39 is 0 Å². The highest BCUT2D eigenvalue weighted by molar-refractivity contribution is 5.95. The second-order valence-corrected chi connectivity index (χ2v) is 7.70. The smallest absolute Gasteiger partial charge is 0.254 e. The molecular weight excluding hydrogens is 372 g/mol. The topological polar surface area (TPSA) is 49.4 Å². The number of benzene rings is 3. The molecule has 154 valence electrons. The van der Waals surface area contributed by atoms with Crippen molar-refractivity contribution in [3.05, 3.63) is 101 Å². The number of carbonyl (C=O) groups excluding carboxylic acids is 2. The van der Waals surface area contributed by atoms with Crippen molar-refractivity contribution in [2.75, 3.05) is 5.32 Å². The molecule has 0 heterocycles. The summed E-state index contributed by atoms with van der Waals surface area (Å²) in [7, 11) is 0. The van der Waals surface area contributed by atoms with Crippen molar-refractivity contribution in [2.24, 2.45) is 0 Å². The molecule has 0 aromatic heterocycles. The molecule has 0 aliphatic rings. The number of hydrogen-bond donors (Lipinski definition) is 1. The quantitative estimate of drug-likeness (QED) is 0.580. The average Bonchev–Trinajstić information content (AvgIpc) is 2.73. The summed E-state index contributed by atoms with van der Waals surface area (Å²) in [5.41, 5.74) is 5.70. The first-order valence-corrected chi connectivity index (χ1v) is 10.1. The van der Waals surface area contributed by atoms with Crippen LogP contribution in [0.5, 0.6) is 0 Å². The Morgan fingerprint density at radius 1 is 0.900 bits per heavy atom. The zero-order valence-corrected chi connectivity index (χ0v) is 18.0. The Morgan fingerprint density at radius 2 is 1.63 bits per heavy atom. The molecule has 3 aromatic rings. The van der Waals surface area contributed by atoms with Crippen molar-refractivity contribution < 1.29 is 9.59 Å². The molecule has 1 unspecified atom stereocenters. The van der Waals surface area contributed by atoms with Gasteiger partial charge in [-0.3, -0.25) is 9.59 Å². The normalized spacial score (nSPS) is 11.6. The molecule has 3 aromatic carbocycles. The third-order valence-electron chi connectivity index (χ3n) is 5.37. The molecule has 0 saturated carbocycles. The number of nitrogens with zero attached hydrogens (tertiary/aromatic N) is 1. The number of amides is 2. The SMILES string of the molecule is CC(=O)Nc1cccc(C(C)N(Cc2ccccc2)C(=O)c2ccc(C)c(C)c2)c1. The molecule has 4 nitrogen and oxygen atoms in total. The molecule has 1 N–H and O–H groups in total. The van der Waals surface area contributed by atoms with Crippen LogP contribution >= 0.6 is 0 Å². The van der Waals surface area contributed by atoms with Gasteiger partial charge in [0.2, 0.25) is 5.91 Å². The Bertz CT molecular complexity index is 1040. The number of carbonyl (C=O) groups is 2. The highest BCUT2D eigenvalue weighted by atomic mass is 16.2. The van der Waals surface area contributed by atoms with Gasteiger partial charge in [-0.25, -0.2) is 0 Å². The van der Waals surface area contributed by atoms with E-state index in [0.29, 0.717) is 12.1 Å². The Labute approximate surface area is 178 Å². The lowest BCUT2D eigenvalue weighted by Crippen LogP contribution is -2.33. The summed E-state index contributed by atoms with van der Waals surface area (Å²) >= 11 is 0. The molecule has 0 spiro atoms. The average molecular weight is 401 g/mol. The Morgan fingerprint density at radius 3 is 2.30 bits per heavy atom. The Hall–Kier alpha value is -3.40. The van der Waals surface area contributed by atoms with Crippen LogP contribution < -0.4 is 5.32 Å². The summed E-state index contributed by atoms with van der Waals surface area (Å²) in [6.45, 7) is 8.07. The van der Waals surface area contributed by atoms with Crippen LogP contribution in [0.3, 0.4) is 0 Å². The van der Waals surface area contributed by atoms with E-state index in [2.05, 4.69) is 5.32 Å². The van der Waals surface area contributed by atoms with Gasteiger partial charge in [-0.1, -0.05) is 48.5 Å². The molecule has 3 rings (SSSR count). The van der Waals surface area contributed by atoms with E-state index in [1.165, 1.54) is 6.92 Å². The van der Waals surface area contributed by atoms with Crippen LogP contribution in [0.2, 0.25) is 0 Å². The molecule has 0 aliphatic carbocycles. The summed E-state index contributed by atoms with van der Waals surface area (Å²) in [5.74, 6) is -0.133. The van der Waals surface area contributed by atoms with E-state index >= 15 is 0 Å². The van der Waals surface area contributed by atoms with Crippen LogP contribution in [0.1, 0.15) is 52.5 Å². The van der Waals surface area contributed by atoms with Gasteiger partial charge in [-0.2, -0.15) is 0 Å². The van der Waals surface area contributed by atoms with Gasteiger partial charge >= 0.3 is 0 Å². The second-order valence-electron chi connectivity index (χ2n) is 7.70. The van der Waals surface area contributed by atoms with Crippen LogP contribution in [0, 0.1) is 13.8 Å². The van der Waals surface area contributed by atoms with E-state index in [0.717, 1.165) is 27.9 Å². The molecule has 1 atom stereocenters. The lowest BCUT2D eigenvalue weighted by molar-refractivity contribution is -0.114. The van der Waals surface area contributed by atoms with Gasteiger partial charge in [-0.15, -0.1) is 0 Å². The summed E-state index contributed by atoms with van der Waals surface area (Å²) in [5, 5.41) is 2.82. The van der Waals surface area contributed by atoms with Crippen molar-refractivity contribution in [1.82, 2.24) is 4.90 Å². The Kier molecular flexibility index (Phi) is 6.68. The van der Waals surface area contributed by atoms with Gasteiger partial charge in [0.15, 0.2) is 0 Å². The van der Waals surface area contributed by atoms with Gasteiger partial charge in [-0.05, 0) is 67.3 Å². The summed E-state index contributed by atoms with van der Waals surface area (Å²) in [6, 6.07) is 23.3. The molecule has 0 radical (unpaired) electrons. The third-order valence-corrected chi connectivity index (χ3v) is 5.37. The minimum atomic E-state index is -0.173. The van der Waals surface area contributed by atoms with Gasteiger partial charge in [0.05, 0.1) is 6.04 Å². The maximum absolute atomic E-state index is 13.5. The fourth-order valence-corrected chi connectivity index (χ4v) is 3.46. The van der Waals surface area contributed by atoms with Crippen LogP contribution in [-0.4, -0.2) is 16.7 Å². The lowest BCUT2D eigenvalue weighted by Gasteiger charge is -2.30. The van der Waals surface area contributed by atoms with Crippen molar-refractivity contribution in [2.45, 2.75) is 40.3 Å². The van der Waals surface area contributed by atoms with Crippen LogP contribution in [0.25, 0.3) is 0 Å². The fourth-order valence-electron chi connectivity index (χ4n) is 3.46. The van der Waals surface area contributed by atoms with Crippen LogP contribution in [0.4, 0.5) is 5.69 Å². The van der Waals surface area contributed by atoms with E-state index in [4.69, 9.17) is 0 Å². The largest absolute Gasteiger partial charge is 0.328 e. The minimum absolute atomic E-state index is 0.0145. The monoisotopic (exact) mass is 400 g/mol. The highest BCUT2D eigenvalue weighted by Gasteiger charge is 2.23. The predicted molar refractivity (Wildman–Crippen MR) is 121 cm³/mol. The van der Waals surface area contributed by atoms with E-state index in [1.54, 1.807) is 0 Å². The van der Waals surface area contributed by atoms with Crippen LogP contribution in [0.15, 0.2) is 72.8 Å². The zero-order valence-electron chi connectivity index (χ0n) is 18.0. The lowest BCUT2D eigenvalue weighted by atomic mass is 10.0. The highest BCUT2D eigenvalue weighted by Crippen LogP contribution is 2.27. The number of aryl methyl sites for hydroxylation is 2. The molecule has 0 bridgehead atoms. The first kappa shape index (κ1) is 21.3. The number of hydrogen-bond acceptors (Lipinski definition) is 2. The van der Waals surface area contributed by atoms with Crippen molar-refractivity contribution in [3.63, 3.8) is 0 Å². The molecule has 0 saturated heterocycles. The van der Waals surface area contributed by atoms with Gasteiger partial charge in [0, 0.05) is 24.7 Å². The molecule has 0 fully saturated rings. The summed E-state index contributed by atoms with van der Waals surface area (Å²) in [4.78, 5) is 26.9. The third kappa shape index (κ3) is 5.15. The minimum Gasteiger partial charge on any atom is -0.328 e. The first-order valence-electron chi connectivity index (χ1n) is 10.1. The Balaban J connectivity index is 1.97. The zero-order chi connectivity index (χ0) is 21.7. The maximum atomic E-state index is 13.5. The van der Waals surface area contributed by atoms with Gasteiger partial charge in [0.1, 0.15) is 0 Å². The van der Waals surface area contributed by atoms with Crippen LogP contribution in [-0.2, 0) is 11.3 Å². The summed E-state index contributed by atoms with van der Waals surface area (Å²) in [6.07, 6.45) is 0. The summed E-state index contributed by atoms with van der Waals surface area (Å²) < 4.78 is 0. The molecular formula is C26H28N2O2. The number of rotatable bonds is 6. The molecule has 4 heteroatoms. The van der Waals surface area contributed by atoms with Gasteiger partial charge < -0.3 is 10.2 Å². The van der Waals surface area contributed by atoms with Crippen molar-refractivity contribution in [3.8, 4) is 0 Å². The van der Waals surface area contributed by atoms with E-state index in [-0.39, 0.29) is 17.9 Å².